The minimum Gasteiger partial charge on any atom is -0.378 e. The number of nitro benzene ring substituents is 1. The summed E-state index contributed by atoms with van der Waals surface area (Å²) >= 11 is 5.94. The molecule has 1 fully saturated rings. The highest BCUT2D eigenvalue weighted by Gasteiger charge is 2.27. The predicted molar refractivity (Wildman–Crippen MR) is 78.6 cm³/mol. The van der Waals surface area contributed by atoms with Gasteiger partial charge >= 0.3 is 0 Å². The summed E-state index contributed by atoms with van der Waals surface area (Å²) in [6.45, 7) is 3.23. The molecule has 1 amide bonds. The Labute approximate surface area is 127 Å². The third-order valence-corrected chi connectivity index (χ3v) is 4.01. The van der Waals surface area contributed by atoms with Gasteiger partial charge in [-0.3, -0.25) is 14.9 Å². The van der Waals surface area contributed by atoms with E-state index in [1.165, 1.54) is 18.2 Å². The van der Waals surface area contributed by atoms with Crippen LogP contribution in [-0.4, -0.2) is 30.1 Å². The number of non-ortho nitro benzene ring substituents is 1. The smallest absolute Gasteiger partial charge is 0.270 e. The number of rotatable bonds is 5. The number of ether oxygens (including phenoxy) is 1. The van der Waals surface area contributed by atoms with Crippen molar-refractivity contribution in [3.63, 3.8) is 0 Å². The van der Waals surface area contributed by atoms with E-state index in [0.29, 0.717) is 13.2 Å². The molecule has 0 saturated carbocycles. The van der Waals surface area contributed by atoms with Crippen molar-refractivity contribution in [3.8, 4) is 0 Å². The summed E-state index contributed by atoms with van der Waals surface area (Å²) in [5, 5.41) is 13.7. The molecule has 0 spiro atoms. The van der Waals surface area contributed by atoms with Crippen LogP contribution in [0.3, 0.4) is 0 Å². The first-order chi connectivity index (χ1) is 10.0. The Morgan fingerprint density at radius 3 is 3.00 bits per heavy atom. The number of nitrogens with zero attached hydrogens (tertiary/aromatic N) is 1. The number of halogens is 1. The van der Waals surface area contributed by atoms with Gasteiger partial charge < -0.3 is 10.1 Å². The minimum atomic E-state index is -0.551. The van der Waals surface area contributed by atoms with Crippen molar-refractivity contribution >= 4 is 23.2 Å². The van der Waals surface area contributed by atoms with Crippen molar-refractivity contribution in [3.05, 3.63) is 38.9 Å². The fraction of sp³-hybridized carbons (Fsp3) is 0.500. The molecule has 1 aromatic rings. The van der Waals surface area contributed by atoms with Crippen molar-refractivity contribution in [2.24, 2.45) is 5.92 Å². The highest BCUT2D eigenvalue weighted by atomic mass is 35.5. The van der Waals surface area contributed by atoms with Crippen LogP contribution in [0.25, 0.3) is 0 Å². The molecule has 1 saturated heterocycles. The van der Waals surface area contributed by atoms with E-state index in [1.54, 1.807) is 0 Å². The van der Waals surface area contributed by atoms with Gasteiger partial charge in [-0.25, -0.2) is 0 Å². The van der Waals surface area contributed by atoms with Crippen LogP contribution in [0.1, 0.15) is 30.1 Å². The third kappa shape index (κ3) is 3.71. The van der Waals surface area contributed by atoms with Gasteiger partial charge in [0.2, 0.25) is 0 Å². The Bertz CT molecular complexity index is 550. The maximum atomic E-state index is 12.1. The van der Waals surface area contributed by atoms with Crippen LogP contribution in [-0.2, 0) is 4.74 Å². The van der Waals surface area contributed by atoms with Gasteiger partial charge in [0.25, 0.3) is 11.6 Å². The van der Waals surface area contributed by atoms with E-state index in [9.17, 15) is 14.9 Å². The number of benzene rings is 1. The van der Waals surface area contributed by atoms with E-state index in [1.807, 2.05) is 6.92 Å². The Balaban J connectivity index is 2.03. The summed E-state index contributed by atoms with van der Waals surface area (Å²) in [5.74, 6) is -0.123. The van der Waals surface area contributed by atoms with Crippen LogP contribution >= 0.6 is 11.6 Å². The quantitative estimate of drug-likeness (QED) is 0.669. The van der Waals surface area contributed by atoms with Crippen molar-refractivity contribution in [1.82, 2.24) is 5.32 Å². The number of carbonyl (C=O) groups is 1. The zero-order valence-electron chi connectivity index (χ0n) is 11.7. The molecule has 7 heteroatoms. The Kier molecular flexibility index (Phi) is 5.14. The van der Waals surface area contributed by atoms with Crippen LogP contribution < -0.4 is 5.32 Å². The second-order valence-electron chi connectivity index (χ2n) is 5.00. The number of carbonyl (C=O) groups excluding carboxylic acids is 1. The van der Waals surface area contributed by atoms with Crippen LogP contribution in [0.2, 0.25) is 5.02 Å². The number of amides is 1. The van der Waals surface area contributed by atoms with E-state index in [4.69, 9.17) is 16.3 Å². The lowest BCUT2D eigenvalue weighted by atomic mass is 9.99. The molecular formula is C14H17ClN2O4. The topological polar surface area (TPSA) is 81.5 Å². The van der Waals surface area contributed by atoms with Crippen molar-refractivity contribution in [2.75, 3.05) is 13.2 Å². The molecule has 1 aliphatic rings. The Morgan fingerprint density at radius 2 is 2.33 bits per heavy atom. The molecule has 6 nitrogen and oxygen atoms in total. The molecule has 0 aromatic heterocycles. The lowest BCUT2D eigenvalue weighted by molar-refractivity contribution is -0.384. The lowest BCUT2D eigenvalue weighted by Crippen LogP contribution is -2.32. The highest BCUT2D eigenvalue weighted by molar-refractivity contribution is 6.33. The largest absolute Gasteiger partial charge is 0.378 e. The fourth-order valence-corrected chi connectivity index (χ4v) is 2.70. The Morgan fingerprint density at radius 1 is 1.57 bits per heavy atom. The molecular weight excluding hydrogens is 296 g/mol. The van der Waals surface area contributed by atoms with Gasteiger partial charge in [0.15, 0.2) is 0 Å². The highest BCUT2D eigenvalue weighted by Crippen LogP contribution is 2.24. The third-order valence-electron chi connectivity index (χ3n) is 3.68. The normalized spacial score (nSPS) is 21.2. The first-order valence-electron chi connectivity index (χ1n) is 6.86. The molecule has 2 atom stereocenters. The van der Waals surface area contributed by atoms with Gasteiger partial charge in [-0.05, 0) is 18.9 Å². The van der Waals surface area contributed by atoms with Crippen LogP contribution in [0, 0.1) is 16.0 Å². The summed E-state index contributed by atoms with van der Waals surface area (Å²) in [5.41, 5.74) is -0.0296. The average Bonchev–Trinajstić information content (AvgIpc) is 2.92. The maximum Gasteiger partial charge on any atom is 0.270 e. The van der Waals surface area contributed by atoms with Crippen LogP contribution in [0.15, 0.2) is 18.2 Å². The summed E-state index contributed by atoms with van der Waals surface area (Å²) in [6, 6.07) is 3.83. The van der Waals surface area contributed by atoms with E-state index >= 15 is 0 Å². The standard InChI is InChI=1S/C14H17ClN2O4/c1-2-13-9(5-6-21-13)8-16-14(18)11-7-10(17(19)20)3-4-12(11)15/h3-4,7,9,13H,2,5-6,8H2,1H3,(H,16,18). The van der Waals surface area contributed by atoms with Crippen LogP contribution in [0.4, 0.5) is 5.69 Å². The predicted octanol–water partition coefficient (Wildman–Crippen LogP) is 2.79. The molecule has 0 aliphatic carbocycles. The fourth-order valence-electron chi connectivity index (χ4n) is 2.50. The molecule has 21 heavy (non-hydrogen) atoms. The van der Waals surface area contributed by atoms with Crippen molar-refractivity contribution < 1.29 is 14.5 Å². The summed E-state index contributed by atoms with van der Waals surface area (Å²) in [6.07, 6.45) is 1.96. The van der Waals surface area contributed by atoms with E-state index in [2.05, 4.69) is 5.32 Å². The Hall–Kier alpha value is -1.66. The SMILES string of the molecule is CCC1OCCC1CNC(=O)c1cc([N+](=O)[O-])ccc1Cl. The maximum absolute atomic E-state index is 12.1. The first-order valence-corrected chi connectivity index (χ1v) is 7.24. The van der Waals surface area contributed by atoms with Gasteiger partial charge in [-0.1, -0.05) is 18.5 Å². The zero-order valence-corrected chi connectivity index (χ0v) is 12.4. The van der Waals surface area contributed by atoms with Gasteiger partial charge in [-0.15, -0.1) is 0 Å². The summed E-state index contributed by atoms with van der Waals surface area (Å²) in [7, 11) is 0. The van der Waals surface area contributed by atoms with Gasteiger partial charge in [0, 0.05) is 31.2 Å². The molecule has 0 bridgehead atoms. The zero-order chi connectivity index (χ0) is 15.4. The van der Waals surface area contributed by atoms with Crippen molar-refractivity contribution in [2.45, 2.75) is 25.9 Å². The molecule has 1 N–H and O–H groups in total. The molecule has 2 unspecified atom stereocenters. The second kappa shape index (κ2) is 6.87. The molecule has 2 rings (SSSR count). The molecule has 0 radical (unpaired) electrons. The summed E-state index contributed by atoms with van der Waals surface area (Å²) < 4.78 is 5.56. The van der Waals surface area contributed by atoms with Gasteiger partial charge in [0.05, 0.1) is 21.6 Å². The van der Waals surface area contributed by atoms with Crippen molar-refractivity contribution in [1.29, 1.82) is 0 Å². The number of nitro groups is 1. The molecule has 1 heterocycles. The van der Waals surface area contributed by atoms with Crippen LogP contribution in [0.5, 0.6) is 0 Å². The van der Waals surface area contributed by atoms with E-state index in [-0.39, 0.29) is 28.3 Å². The monoisotopic (exact) mass is 312 g/mol. The van der Waals surface area contributed by atoms with Gasteiger partial charge in [0.1, 0.15) is 0 Å². The summed E-state index contributed by atoms with van der Waals surface area (Å²) in [4.78, 5) is 22.3. The van der Waals surface area contributed by atoms with E-state index < -0.39 is 10.8 Å². The lowest BCUT2D eigenvalue weighted by Gasteiger charge is -2.17. The minimum absolute atomic E-state index is 0.123. The molecule has 1 aromatic carbocycles. The number of nitrogens with one attached hydrogen (secondary N) is 1. The number of hydrogen-bond acceptors (Lipinski definition) is 4. The number of hydrogen-bond donors (Lipinski definition) is 1. The second-order valence-corrected chi connectivity index (χ2v) is 5.40. The first kappa shape index (κ1) is 15.7. The van der Waals surface area contributed by atoms with Gasteiger partial charge in [-0.2, -0.15) is 0 Å². The van der Waals surface area contributed by atoms with E-state index in [0.717, 1.165) is 12.8 Å². The molecule has 114 valence electrons. The molecule has 1 aliphatic heterocycles. The average molecular weight is 313 g/mol.